The van der Waals surface area contributed by atoms with Crippen LogP contribution in [-0.2, 0) is 22.6 Å². The number of rotatable bonds is 12. The standard InChI is InChI=1S/C33H40N4O4/c1-5-9-28(26-15-11-23(4)12-16-26)36-32(40)37-30(39)33(6-2,7-3)31(37)41-27-17-13-24(14-18-27)22-35-29(38)20-25-10-8-19-34-21-25/h8,10-19,21,28,31H,5-7,9,20,22H2,1-4H3,(H,35,38)(H,36,40)/t28?,31-/m0/s1. The van der Waals surface area contributed by atoms with Crippen LogP contribution >= 0.6 is 0 Å². The van der Waals surface area contributed by atoms with Gasteiger partial charge in [-0.1, -0.05) is 75.2 Å². The number of pyridine rings is 1. The molecule has 41 heavy (non-hydrogen) atoms. The molecule has 2 atom stereocenters. The van der Waals surface area contributed by atoms with Gasteiger partial charge in [-0.05, 0) is 61.1 Å². The quantitative estimate of drug-likeness (QED) is 0.273. The predicted molar refractivity (Wildman–Crippen MR) is 158 cm³/mol. The van der Waals surface area contributed by atoms with Crippen molar-refractivity contribution >= 4 is 17.8 Å². The molecule has 0 spiro atoms. The Balaban J connectivity index is 1.42. The normalized spacial score (nSPS) is 16.4. The number of hydrogen-bond acceptors (Lipinski definition) is 5. The van der Waals surface area contributed by atoms with E-state index >= 15 is 0 Å². The van der Waals surface area contributed by atoms with Crippen molar-refractivity contribution in [1.82, 2.24) is 20.5 Å². The molecule has 3 aromatic rings. The number of carbonyl (C=O) groups excluding carboxylic acids is 3. The van der Waals surface area contributed by atoms with Crippen LogP contribution in [-0.4, -0.2) is 34.0 Å². The zero-order valence-electron chi connectivity index (χ0n) is 24.4. The highest BCUT2D eigenvalue weighted by molar-refractivity contribution is 6.03. The number of β-lactam (4-membered cyclic amide) rings is 1. The number of aromatic nitrogens is 1. The molecule has 1 aromatic heterocycles. The summed E-state index contributed by atoms with van der Waals surface area (Å²) in [6.45, 7) is 8.39. The minimum Gasteiger partial charge on any atom is -0.469 e. The molecule has 1 aliphatic rings. The number of nitrogens with one attached hydrogen (secondary N) is 2. The van der Waals surface area contributed by atoms with Crippen molar-refractivity contribution < 1.29 is 19.1 Å². The third kappa shape index (κ3) is 6.76. The number of hydrogen-bond donors (Lipinski definition) is 2. The Morgan fingerprint density at radius 1 is 1.00 bits per heavy atom. The molecule has 4 rings (SSSR count). The van der Waals surface area contributed by atoms with Crippen LogP contribution in [0.15, 0.2) is 73.1 Å². The van der Waals surface area contributed by atoms with E-state index in [1.54, 1.807) is 18.5 Å². The average Bonchev–Trinajstić information content (AvgIpc) is 2.98. The number of likely N-dealkylation sites (tertiary alicyclic amines) is 1. The van der Waals surface area contributed by atoms with Crippen molar-refractivity contribution in [2.45, 2.75) is 78.6 Å². The van der Waals surface area contributed by atoms with Crippen LogP contribution in [0.5, 0.6) is 5.75 Å². The number of carbonyl (C=O) groups is 3. The van der Waals surface area contributed by atoms with Gasteiger partial charge in [0.1, 0.15) is 11.2 Å². The van der Waals surface area contributed by atoms with E-state index in [0.717, 1.165) is 35.1 Å². The van der Waals surface area contributed by atoms with E-state index < -0.39 is 17.7 Å². The lowest BCUT2D eigenvalue weighted by molar-refractivity contribution is -0.191. The van der Waals surface area contributed by atoms with Crippen LogP contribution < -0.4 is 15.4 Å². The van der Waals surface area contributed by atoms with Gasteiger partial charge < -0.3 is 15.4 Å². The molecule has 8 nitrogen and oxygen atoms in total. The maximum Gasteiger partial charge on any atom is 0.327 e. The Hall–Kier alpha value is -4.20. The van der Waals surface area contributed by atoms with Gasteiger partial charge in [-0.25, -0.2) is 9.69 Å². The van der Waals surface area contributed by atoms with Gasteiger partial charge in [0.25, 0.3) is 0 Å². The molecule has 8 heteroatoms. The van der Waals surface area contributed by atoms with E-state index in [1.807, 2.05) is 75.4 Å². The third-order valence-electron chi connectivity index (χ3n) is 7.94. The molecule has 1 unspecified atom stereocenters. The highest BCUT2D eigenvalue weighted by Gasteiger charge is 2.63. The fraction of sp³-hybridized carbons (Fsp3) is 0.394. The second-order valence-corrected chi connectivity index (χ2v) is 10.7. The van der Waals surface area contributed by atoms with Gasteiger partial charge in [-0.15, -0.1) is 0 Å². The van der Waals surface area contributed by atoms with Crippen LogP contribution in [0, 0.1) is 12.3 Å². The van der Waals surface area contributed by atoms with E-state index in [-0.39, 0.29) is 24.3 Å². The van der Waals surface area contributed by atoms with Crippen LogP contribution in [0.25, 0.3) is 0 Å². The van der Waals surface area contributed by atoms with Gasteiger partial charge in [-0.3, -0.25) is 14.6 Å². The highest BCUT2D eigenvalue weighted by atomic mass is 16.5. The van der Waals surface area contributed by atoms with Crippen molar-refractivity contribution in [3.8, 4) is 5.75 Å². The average molecular weight is 557 g/mol. The first-order chi connectivity index (χ1) is 19.8. The fourth-order valence-electron chi connectivity index (χ4n) is 5.29. The molecule has 216 valence electrons. The second-order valence-electron chi connectivity index (χ2n) is 10.7. The Bertz CT molecular complexity index is 1320. The van der Waals surface area contributed by atoms with E-state index in [9.17, 15) is 14.4 Å². The van der Waals surface area contributed by atoms with Gasteiger partial charge in [0.05, 0.1) is 12.5 Å². The number of urea groups is 1. The minimum absolute atomic E-state index is 0.0874. The molecule has 4 amide bonds. The summed E-state index contributed by atoms with van der Waals surface area (Å²) in [4.78, 5) is 44.4. The molecule has 1 fully saturated rings. The summed E-state index contributed by atoms with van der Waals surface area (Å²) in [5.74, 6) is 0.258. The second kappa shape index (κ2) is 13.4. The molecule has 2 heterocycles. The highest BCUT2D eigenvalue weighted by Crippen LogP contribution is 2.46. The fourth-order valence-corrected chi connectivity index (χ4v) is 5.29. The molecule has 2 aromatic carbocycles. The summed E-state index contributed by atoms with van der Waals surface area (Å²) < 4.78 is 6.32. The Morgan fingerprint density at radius 2 is 1.71 bits per heavy atom. The SMILES string of the molecule is CCCC(NC(=O)N1C(=O)C(CC)(CC)[C@@H]1Oc1ccc(CNC(=O)Cc2cccnc2)cc1)c1ccc(C)cc1. The predicted octanol–water partition coefficient (Wildman–Crippen LogP) is 5.85. The smallest absolute Gasteiger partial charge is 0.327 e. The van der Waals surface area contributed by atoms with Gasteiger partial charge in [0, 0.05) is 18.9 Å². The number of benzene rings is 2. The Morgan fingerprint density at radius 3 is 2.32 bits per heavy atom. The first-order valence-corrected chi connectivity index (χ1v) is 14.4. The van der Waals surface area contributed by atoms with Crippen molar-refractivity contribution in [2.75, 3.05) is 0 Å². The zero-order chi connectivity index (χ0) is 29.4. The largest absolute Gasteiger partial charge is 0.469 e. The number of amides is 4. The monoisotopic (exact) mass is 556 g/mol. The number of aryl methyl sites for hydroxylation is 1. The van der Waals surface area contributed by atoms with Gasteiger partial charge in [0.15, 0.2) is 6.23 Å². The number of nitrogens with zero attached hydrogens (tertiary/aromatic N) is 2. The molecular formula is C33H40N4O4. The molecular weight excluding hydrogens is 516 g/mol. The summed E-state index contributed by atoms with van der Waals surface area (Å²) in [5.41, 5.74) is 3.16. The maximum atomic E-state index is 13.5. The van der Waals surface area contributed by atoms with E-state index in [2.05, 4.69) is 22.5 Å². The summed E-state index contributed by atoms with van der Waals surface area (Å²) in [6.07, 6.45) is 5.68. The van der Waals surface area contributed by atoms with E-state index in [0.29, 0.717) is 25.1 Å². The molecule has 0 aliphatic carbocycles. The molecule has 0 radical (unpaired) electrons. The third-order valence-corrected chi connectivity index (χ3v) is 7.94. The number of ether oxygens (including phenoxy) is 1. The first kappa shape index (κ1) is 29.8. The zero-order valence-corrected chi connectivity index (χ0v) is 24.4. The lowest BCUT2D eigenvalue weighted by Crippen LogP contribution is -2.73. The summed E-state index contributed by atoms with van der Waals surface area (Å²) >= 11 is 0. The van der Waals surface area contributed by atoms with Crippen molar-refractivity contribution in [1.29, 1.82) is 0 Å². The van der Waals surface area contributed by atoms with Crippen LogP contribution in [0.4, 0.5) is 4.79 Å². The molecule has 0 bridgehead atoms. The summed E-state index contributed by atoms with van der Waals surface area (Å²) in [6, 6.07) is 18.5. The van der Waals surface area contributed by atoms with Crippen LogP contribution in [0.2, 0.25) is 0 Å². The van der Waals surface area contributed by atoms with E-state index in [1.165, 1.54) is 4.90 Å². The van der Waals surface area contributed by atoms with E-state index in [4.69, 9.17) is 4.74 Å². The Labute approximate surface area is 242 Å². The lowest BCUT2D eigenvalue weighted by Gasteiger charge is -2.53. The molecule has 2 N–H and O–H groups in total. The Kier molecular flexibility index (Phi) is 9.76. The van der Waals surface area contributed by atoms with Crippen molar-refractivity contribution in [3.05, 3.63) is 95.3 Å². The van der Waals surface area contributed by atoms with Gasteiger partial charge in [-0.2, -0.15) is 0 Å². The maximum absolute atomic E-state index is 13.5. The van der Waals surface area contributed by atoms with Crippen LogP contribution in [0.1, 0.15) is 74.8 Å². The minimum atomic E-state index is -0.763. The lowest BCUT2D eigenvalue weighted by atomic mass is 9.72. The van der Waals surface area contributed by atoms with Gasteiger partial charge >= 0.3 is 6.03 Å². The van der Waals surface area contributed by atoms with Crippen molar-refractivity contribution in [3.63, 3.8) is 0 Å². The van der Waals surface area contributed by atoms with Gasteiger partial charge in [0.2, 0.25) is 11.8 Å². The first-order valence-electron chi connectivity index (χ1n) is 14.4. The van der Waals surface area contributed by atoms with Crippen LogP contribution in [0.3, 0.4) is 0 Å². The number of imide groups is 1. The summed E-state index contributed by atoms with van der Waals surface area (Å²) in [5, 5.41) is 6.00. The summed E-state index contributed by atoms with van der Waals surface area (Å²) in [7, 11) is 0. The molecule has 1 saturated heterocycles. The van der Waals surface area contributed by atoms with Crippen molar-refractivity contribution in [2.24, 2.45) is 5.41 Å². The molecule has 0 saturated carbocycles. The molecule has 1 aliphatic heterocycles. The topological polar surface area (TPSA) is 101 Å².